The number of carbonyl (C=O) groups is 2. The minimum absolute atomic E-state index is 0.232. The van der Waals surface area contributed by atoms with Crippen molar-refractivity contribution < 1.29 is 14.3 Å². The quantitative estimate of drug-likeness (QED) is 0.572. The topological polar surface area (TPSA) is 81.2 Å². The summed E-state index contributed by atoms with van der Waals surface area (Å²) in [5.74, 6) is -0.907. The fourth-order valence-corrected chi connectivity index (χ4v) is 2.82. The van der Waals surface area contributed by atoms with Gasteiger partial charge < -0.3 is 14.3 Å². The molecule has 0 unspecified atom stereocenters. The number of Topliss-reactive ketones (excluding diaryl/α,β-unsaturated/α-hetero) is 1. The highest BCUT2D eigenvalue weighted by atomic mass is 16.5. The lowest BCUT2D eigenvalue weighted by molar-refractivity contribution is -0.147. The molecule has 6 nitrogen and oxygen atoms in total. The van der Waals surface area contributed by atoms with Crippen molar-refractivity contribution in [1.29, 1.82) is 0 Å². The van der Waals surface area contributed by atoms with Crippen LogP contribution < -0.4 is 5.56 Å². The Labute approximate surface area is 144 Å². The first-order valence-corrected chi connectivity index (χ1v) is 7.94. The summed E-state index contributed by atoms with van der Waals surface area (Å²) in [7, 11) is 0. The summed E-state index contributed by atoms with van der Waals surface area (Å²) >= 11 is 0. The third kappa shape index (κ3) is 3.38. The molecule has 0 spiro atoms. The van der Waals surface area contributed by atoms with Crippen LogP contribution in [0.1, 0.15) is 23.0 Å². The summed E-state index contributed by atoms with van der Waals surface area (Å²) in [6, 6.07) is 12.1. The molecular weight excluding hydrogens is 320 g/mol. The van der Waals surface area contributed by atoms with Crippen LogP contribution in [0.25, 0.3) is 10.9 Å². The van der Waals surface area contributed by atoms with Crippen molar-refractivity contribution in [3.05, 3.63) is 70.3 Å². The first-order valence-electron chi connectivity index (χ1n) is 7.94. The van der Waals surface area contributed by atoms with E-state index in [-0.39, 0.29) is 17.9 Å². The van der Waals surface area contributed by atoms with Crippen molar-refractivity contribution in [3.8, 4) is 0 Å². The van der Waals surface area contributed by atoms with E-state index in [2.05, 4.69) is 4.98 Å². The second-order valence-electron chi connectivity index (χ2n) is 5.83. The van der Waals surface area contributed by atoms with Crippen molar-refractivity contribution in [2.45, 2.75) is 26.5 Å². The molecule has 2 aromatic heterocycles. The van der Waals surface area contributed by atoms with Crippen LogP contribution in [0.2, 0.25) is 0 Å². The highest BCUT2D eigenvalue weighted by molar-refractivity contribution is 6.11. The van der Waals surface area contributed by atoms with Crippen LogP contribution in [0, 0.1) is 6.92 Å². The van der Waals surface area contributed by atoms with Gasteiger partial charge in [0.2, 0.25) is 5.78 Å². The lowest BCUT2D eigenvalue weighted by atomic mass is 10.0. The van der Waals surface area contributed by atoms with Crippen molar-refractivity contribution in [2.24, 2.45) is 0 Å². The average molecular weight is 338 g/mol. The Bertz CT molecular complexity index is 1000. The number of ketones is 1. The Kier molecular flexibility index (Phi) is 4.52. The standard InChI is InChI=1S/C19H18N2O4/c1-12-18(14-7-3-4-8-15(14)20-12)19(24)13(2)25-17(23)11-21-10-6-5-9-16(21)22/h3-10,13,20H,11H2,1-2H3/t13-/m0/s1. The van der Waals surface area contributed by atoms with Crippen molar-refractivity contribution in [1.82, 2.24) is 9.55 Å². The highest BCUT2D eigenvalue weighted by Gasteiger charge is 2.24. The summed E-state index contributed by atoms with van der Waals surface area (Å²) in [5, 5.41) is 0.798. The molecule has 0 saturated carbocycles. The van der Waals surface area contributed by atoms with Gasteiger partial charge in [-0.15, -0.1) is 0 Å². The maximum atomic E-state index is 12.7. The number of esters is 1. The molecule has 1 N–H and O–H groups in total. The smallest absolute Gasteiger partial charge is 0.326 e. The molecule has 1 aromatic carbocycles. The van der Waals surface area contributed by atoms with Crippen LogP contribution >= 0.6 is 0 Å². The van der Waals surface area contributed by atoms with Crippen molar-refractivity contribution in [3.63, 3.8) is 0 Å². The van der Waals surface area contributed by atoms with Gasteiger partial charge in [-0.3, -0.25) is 14.4 Å². The van der Waals surface area contributed by atoms with Gasteiger partial charge in [-0.05, 0) is 26.0 Å². The van der Waals surface area contributed by atoms with Gasteiger partial charge in [0, 0.05) is 34.4 Å². The first kappa shape index (κ1) is 16.7. The van der Waals surface area contributed by atoms with Gasteiger partial charge in [0.1, 0.15) is 6.54 Å². The van der Waals surface area contributed by atoms with E-state index >= 15 is 0 Å². The predicted molar refractivity (Wildman–Crippen MR) is 93.6 cm³/mol. The second kappa shape index (κ2) is 6.76. The lowest BCUT2D eigenvalue weighted by Gasteiger charge is -2.13. The number of aryl methyl sites for hydroxylation is 1. The summed E-state index contributed by atoms with van der Waals surface area (Å²) in [4.78, 5) is 39.6. The van der Waals surface area contributed by atoms with Gasteiger partial charge in [0.25, 0.3) is 5.56 Å². The number of aromatic amines is 1. The molecule has 1 atom stereocenters. The molecule has 25 heavy (non-hydrogen) atoms. The summed E-state index contributed by atoms with van der Waals surface area (Å²) in [5.41, 5.74) is 1.81. The first-order chi connectivity index (χ1) is 12.0. The van der Waals surface area contributed by atoms with E-state index < -0.39 is 12.1 Å². The molecular formula is C19H18N2O4. The number of fused-ring (bicyclic) bond motifs is 1. The van der Waals surface area contributed by atoms with Gasteiger partial charge in [0.05, 0.1) is 0 Å². The molecule has 6 heteroatoms. The largest absolute Gasteiger partial charge is 0.453 e. The van der Waals surface area contributed by atoms with E-state index in [1.54, 1.807) is 12.1 Å². The summed E-state index contributed by atoms with van der Waals surface area (Å²) in [6.07, 6.45) is 0.560. The van der Waals surface area contributed by atoms with Crippen molar-refractivity contribution in [2.75, 3.05) is 0 Å². The zero-order valence-corrected chi connectivity index (χ0v) is 14.0. The van der Waals surface area contributed by atoms with Crippen LogP contribution in [-0.2, 0) is 16.1 Å². The number of ether oxygens (including phenoxy) is 1. The molecule has 0 aliphatic heterocycles. The van der Waals surface area contributed by atoms with Crippen LogP contribution in [0.5, 0.6) is 0 Å². The van der Waals surface area contributed by atoms with E-state index in [1.807, 2.05) is 31.2 Å². The summed E-state index contributed by atoms with van der Waals surface area (Å²) < 4.78 is 6.47. The highest BCUT2D eigenvalue weighted by Crippen LogP contribution is 2.23. The second-order valence-corrected chi connectivity index (χ2v) is 5.83. The van der Waals surface area contributed by atoms with Gasteiger partial charge in [0.15, 0.2) is 6.10 Å². The monoisotopic (exact) mass is 338 g/mol. The SMILES string of the molecule is Cc1[nH]c2ccccc2c1C(=O)[C@H](C)OC(=O)Cn1ccccc1=O. The molecule has 3 aromatic rings. The van der Waals surface area contributed by atoms with Crippen LogP contribution in [0.3, 0.4) is 0 Å². The Morgan fingerprint density at radius 1 is 1.16 bits per heavy atom. The molecule has 0 bridgehead atoms. The lowest BCUT2D eigenvalue weighted by Crippen LogP contribution is -2.29. The fourth-order valence-electron chi connectivity index (χ4n) is 2.82. The molecule has 0 saturated heterocycles. The van der Waals surface area contributed by atoms with E-state index in [0.717, 1.165) is 16.6 Å². The number of rotatable bonds is 5. The van der Waals surface area contributed by atoms with E-state index in [4.69, 9.17) is 4.74 Å². The van der Waals surface area contributed by atoms with Crippen LogP contribution in [0.4, 0.5) is 0 Å². The minimum Gasteiger partial charge on any atom is -0.453 e. The zero-order chi connectivity index (χ0) is 18.0. The van der Waals surface area contributed by atoms with Gasteiger partial charge in [-0.2, -0.15) is 0 Å². The molecule has 128 valence electrons. The number of nitrogens with zero attached hydrogens (tertiary/aromatic N) is 1. The zero-order valence-electron chi connectivity index (χ0n) is 14.0. The number of carbonyl (C=O) groups excluding carboxylic acids is 2. The molecule has 0 radical (unpaired) electrons. The van der Waals surface area contributed by atoms with E-state index in [0.29, 0.717) is 5.56 Å². The Morgan fingerprint density at radius 3 is 2.64 bits per heavy atom. The number of H-pyrrole nitrogens is 1. The molecule has 0 aliphatic carbocycles. The molecule has 3 rings (SSSR count). The van der Waals surface area contributed by atoms with Gasteiger partial charge >= 0.3 is 5.97 Å². The maximum Gasteiger partial charge on any atom is 0.326 e. The normalized spacial score (nSPS) is 12.1. The van der Waals surface area contributed by atoms with Crippen LogP contribution in [0.15, 0.2) is 53.5 Å². The maximum absolute atomic E-state index is 12.7. The number of nitrogens with one attached hydrogen (secondary N) is 1. The number of benzene rings is 1. The Hall–Kier alpha value is -3.15. The third-order valence-electron chi connectivity index (χ3n) is 4.02. The number of aromatic nitrogens is 2. The molecule has 0 amide bonds. The minimum atomic E-state index is -0.940. The average Bonchev–Trinajstić information content (AvgIpc) is 2.92. The fraction of sp³-hybridized carbons (Fsp3) is 0.211. The number of para-hydroxylation sites is 1. The van der Waals surface area contributed by atoms with Crippen molar-refractivity contribution >= 4 is 22.7 Å². The van der Waals surface area contributed by atoms with E-state index in [9.17, 15) is 14.4 Å². The van der Waals surface area contributed by atoms with E-state index in [1.165, 1.54) is 23.8 Å². The molecule has 0 fully saturated rings. The number of pyridine rings is 1. The number of hydrogen-bond donors (Lipinski definition) is 1. The Morgan fingerprint density at radius 2 is 1.88 bits per heavy atom. The van der Waals surface area contributed by atoms with Gasteiger partial charge in [-0.25, -0.2) is 0 Å². The van der Waals surface area contributed by atoms with Crippen LogP contribution in [-0.4, -0.2) is 27.4 Å². The number of hydrogen-bond acceptors (Lipinski definition) is 4. The molecule has 0 aliphatic rings. The predicted octanol–water partition coefficient (Wildman–Crippen LogP) is 2.45. The molecule has 2 heterocycles. The third-order valence-corrected chi connectivity index (χ3v) is 4.02. The summed E-state index contributed by atoms with van der Waals surface area (Å²) in [6.45, 7) is 3.12. The Balaban J connectivity index is 1.76. The van der Waals surface area contributed by atoms with Gasteiger partial charge in [-0.1, -0.05) is 24.3 Å².